The van der Waals surface area contributed by atoms with Gasteiger partial charge >= 0.3 is 6.03 Å². The molecule has 0 bridgehead atoms. The number of para-hydroxylation sites is 1. The third-order valence-corrected chi connectivity index (χ3v) is 5.12. The van der Waals surface area contributed by atoms with Gasteiger partial charge in [-0.05, 0) is 53.8 Å². The topological polar surface area (TPSA) is 32.3 Å². The minimum atomic E-state index is -0.279. The molecule has 0 aliphatic carbocycles. The van der Waals surface area contributed by atoms with Crippen LogP contribution in [0.15, 0.2) is 72.8 Å². The summed E-state index contributed by atoms with van der Waals surface area (Å²) in [7, 11) is 0. The Morgan fingerprint density at radius 3 is 2.48 bits per heavy atom. The molecule has 1 N–H and O–H groups in total. The van der Waals surface area contributed by atoms with Crippen molar-refractivity contribution in [1.29, 1.82) is 0 Å². The number of hydrogen-bond donors (Lipinski definition) is 1. The van der Waals surface area contributed by atoms with Gasteiger partial charge < -0.3 is 10.2 Å². The van der Waals surface area contributed by atoms with Crippen LogP contribution in [0.25, 0.3) is 0 Å². The van der Waals surface area contributed by atoms with E-state index < -0.39 is 0 Å². The SMILES string of the molecule is Cc1ccccc1NC(=O)N1CCc2ccccc2[C@H]1c1ccc(F)cc1. The number of amides is 2. The van der Waals surface area contributed by atoms with Crippen molar-refractivity contribution >= 4 is 11.7 Å². The first-order valence-corrected chi connectivity index (χ1v) is 9.10. The highest BCUT2D eigenvalue weighted by molar-refractivity contribution is 5.91. The van der Waals surface area contributed by atoms with Crippen molar-refractivity contribution in [3.05, 3.63) is 101 Å². The van der Waals surface area contributed by atoms with E-state index in [1.807, 2.05) is 48.2 Å². The largest absolute Gasteiger partial charge is 0.322 e. The molecule has 0 fully saturated rings. The Morgan fingerprint density at radius 2 is 1.70 bits per heavy atom. The van der Waals surface area contributed by atoms with E-state index in [9.17, 15) is 9.18 Å². The Labute approximate surface area is 158 Å². The molecule has 0 unspecified atom stereocenters. The van der Waals surface area contributed by atoms with E-state index in [1.165, 1.54) is 17.7 Å². The molecule has 4 heteroatoms. The lowest BCUT2D eigenvalue weighted by Crippen LogP contribution is -2.43. The number of fused-ring (bicyclic) bond motifs is 1. The van der Waals surface area contributed by atoms with Crippen molar-refractivity contribution in [3.8, 4) is 0 Å². The third-order valence-electron chi connectivity index (χ3n) is 5.12. The molecule has 0 radical (unpaired) electrons. The van der Waals surface area contributed by atoms with E-state index in [4.69, 9.17) is 0 Å². The summed E-state index contributed by atoms with van der Waals surface area (Å²) in [6, 6.07) is 21.9. The summed E-state index contributed by atoms with van der Waals surface area (Å²) >= 11 is 0. The van der Waals surface area contributed by atoms with E-state index in [2.05, 4.69) is 17.4 Å². The van der Waals surface area contributed by atoms with Crippen LogP contribution in [0.3, 0.4) is 0 Å². The van der Waals surface area contributed by atoms with Gasteiger partial charge in [0.25, 0.3) is 0 Å². The molecule has 136 valence electrons. The Bertz CT molecular complexity index is 968. The summed E-state index contributed by atoms with van der Waals surface area (Å²) in [6.45, 7) is 2.58. The highest BCUT2D eigenvalue weighted by Gasteiger charge is 2.32. The van der Waals surface area contributed by atoms with E-state index in [0.29, 0.717) is 6.54 Å². The van der Waals surface area contributed by atoms with Gasteiger partial charge in [0.05, 0.1) is 6.04 Å². The molecule has 1 aliphatic rings. The molecule has 0 saturated carbocycles. The lowest BCUT2D eigenvalue weighted by atomic mass is 9.88. The van der Waals surface area contributed by atoms with Gasteiger partial charge in [0.15, 0.2) is 0 Å². The second-order valence-electron chi connectivity index (χ2n) is 6.84. The van der Waals surface area contributed by atoms with Gasteiger partial charge in [0.1, 0.15) is 5.82 Å². The second-order valence-corrected chi connectivity index (χ2v) is 6.84. The van der Waals surface area contributed by atoms with Crippen molar-refractivity contribution in [1.82, 2.24) is 4.90 Å². The Morgan fingerprint density at radius 1 is 1.00 bits per heavy atom. The number of hydrogen-bond acceptors (Lipinski definition) is 1. The van der Waals surface area contributed by atoms with Gasteiger partial charge in [0, 0.05) is 12.2 Å². The zero-order chi connectivity index (χ0) is 18.8. The number of carbonyl (C=O) groups excluding carboxylic acids is 1. The smallest absolute Gasteiger partial charge is 0.313 e. The Hall–Kier alpha value is -3.14. The molecule has 2 amide bonds. The molecule has 3 aromatic rings. The Kier molecular flexibility index (Phi) is 4.63. The number of benzene rings is 3. The zero-order valence-electron chi connectivity index (χ0n) is 15.2. The fourth-order valence-electron chi connectivity index (χ4n) is 3.69. The lowest BCUT2D eigenvalue weighted by Gasteiger charge is -2.37. The molecular formula is C23H21FN2O. The zero-order valence-corrected chi connectivity index (χ0v) is 15.2. The average molecular weight is 360 g/mol. The normalized spacial score (nSPS) is 15.9. The standard InChI is InChI=1S/C23H21FN2O/c1-16-6-2-5-9-21(16)25-23(27)26-15-14-17-7-3-4-8-20(17)22(26)18-10-12-19(24)13-11-18/h2-13,22H,14-15H2,1H3,(H,25,27)/t22-/m1/s1. The first-order chi connectivity index (χ1) is 13.1. The van der Waals surface area contributed by atoms with Crippen LogP contribution in [0.5, 0.6) is 0 Å². The maximum absolute atomic E-state index is 13.4. The molecule has 4 rings (SSSR count). The maximum atomic E-state index is 13.4. The van der Waals surface area contributed by atoms with Crippen molar-refractivity contribution < 1.29 is 9.18 Å². The van der Waals surface area contributed by atoms with E-state index in [-0.39, 0.29) is 17.9 Å². The van der Waals surface area contributed by atoms with Crippen molar-refractivity contribution in [3.63, 3.8) is 0 Å². The van der Waals surface area contributed by atoms with Crippen LogP contribution in [0, 0.1) is 12.7 Å². The minimum absolute atomic E-state index is 0.145. The highest BCUT2D eigenvalue weighted by atomic mass is 19.1. The summed E-state index contributed by atoms with van der Waals surface area (Å²) in [4.78, 5) is 15.0. The first-order valence-electron chi connectivity index (χ1n) is 9.10. The lowest BCUT2D eigenvalue weighted by molar-refractivity contribution is 0.194. The van der Waals surface area contributed by atoms with Crippen LogP contribution < -0.4 is 5.32 Å². The minimum Gasteiger partial charge on any atom is -0.313 e. The molecule has 3 aromatic carbocycles. The third kappa shape index (κ3) is 3.43. The summed E-state index contributed by atoms with van der Waals surface area (Å²) in [5, 5.41) is 3.03. The average Bonchev–Trinajstić information content (AvgIpc) is 2.69. The van der Waals surface area contributed by atoms with Crippen LogP contribution in [0.4, 0.5) is 14.9 Å². The van der Waals surface area contributed by atoms with Gasteiger partial charge in [0.2, 0.25) is 0 Å². The fraction of sp³-hybridized carbons (Fsp3) is 0.174. The molecular weight excluding hydrogens is 339 g/mol. The predicted molar refractivity (Wildman–Crippen MR) is 105 cm³/mol. The van der Waals surface area contributed by atoms with Crippen molar-refractivity contribution in [2.45, 2.75) is 19.4 Å². The van der Waals surface area contributed by atoms with E-state index in [1.54, 1.807) is 12.1 Å². The molecule has 0 saturated heterocycles. The van der Waals surface area contributed by atoms with E-state index in [0.717, 1.165) is 28.8 Å². The number of urea groups is 1. The van der Waals surface area contributed by atoms with Gasteiger partial charge in [-0.3, -0.25) is 0 Å². The summed E-state index contributed by atoms with van der Waals surface area (Å²) in [6.07, 6.45) is 0.801. The van der Waals surface area contributed by atoms with Gasteiger partial charge in [-0.15, -0.1) is 0 Å². The van der Waals surface area contributed by atoms with Crippen LogP contribution >= 0.6 is 0 Å². The molecule has 1 heterocycles. The van der Waals surface area contributed by atoms with Gasteiger partial charge in [-0.1, -0.05) is 54.6 Å². The van der Waals surface area contributed by atoms with Crippen molar-refractivity contribution in [2.24, 2.45) is 0 Å². The van der Waals surface area contributed by atoms with Gasteiger partial charge in [-0.2, -0.15) is 0 Å². The fourth-order valence-corrected chi connectivity index (χ4v) is 3.69. The van der Waals surface area contributed by atoms with Crippen LogP contribution in [-0.2, 0) is 6.42 Å². The predicted octanol–water partition coefficient (Wildman–Crippen LogP) is 5.31. The summed E-state index contributed by atoms with van der Waals surface area (Å²) in [5.41, 5.74) is 5.05. The van der Waals surface area contributed by atoms with E-state index >= 15 is 0 Å². The molecule has 3 nitrogen and oxygen atoms in total. The number of rotatable bonds is 2. The molecule has 27 heavy (non-hydrogen) atoms. The number of nitrogens with zero attached hydrogens (tertiary/aromatic N) is 1. The van der Waals surface area contributed by atoms with Crippen molar-refractivity contribution in [2.75, 3.05) is 11.9 Å². The molecule has 1 atom stereocenters. The molecule has 1 aliphatic heterocycles. The maximum Gasteiger partial charge on any atom is 0.322 e. The monoisotopic (exact) mass is 360 g/mol. The first kappa shape index (κ1) is 17.3. The number of carbonyl (C=O) groups is 1. The summed E-state index contributed by atoms with van der Waals surface area (Å²) in [5.74, 6) is -0.279. The number of nitrogens with one attached hydrogen (secondary N) is 1. The Balaban J connectivity index is 1.71. The summed E-state index contributed by atoms with van der Waals surface area (Å²) < 4.78 is 13.4. The second kappa shape index (κ2) is 7.23. The molecule has 0 aromatic heterocycles. The quantitative estimate of drug-likeness (QED) is 0.660. The number of anilines is 1. The number of aryl methyl sites for hydroxylation is 1. The van der Waals surface area contributed by atoms with Crippen LogP contribution in [0.2, 0.25) is 0 Å². The number of halogens is 1. The van der Waals surface area contributed by atoms with Gasteiger partial charge in [-0.25, -0.2) is 9.18 Å². The molecule has 0 spiro atoms. The van der Waals surface area contributed by atoms with Crippen LogP contribution in [0.1, 0.15) is 28.3 Å². The van der Waals surface area contributed by atoms with Crippen LogP contribution in [-0.4, -0.2) is 17.5 Å². The highest BCUT2D eigenvalue weighted by Crippen LogP contribution is 2.35.